The predicted molar refractivity (Wildman–Crippen MR) is 71.0 cm³/mol. The summed E-state index contributed by atoms with van der Waals surface area (Å²) in [7, 11) is 1.23. The molecule has 1 aromatic carbocycles. The number of esters is 1. The van der Waals surface area contributed by atoms with Crippen LogP contribution in [0.15, 0.2) is 30.6 Å². The van der Waals surface area contributed by atoms with E-state index in [1.807, 2.05) is 12.4 Å². The molecule has 0 bridgehead atoms. The van der Waals surface area contributed by atoms with Crippen LogP contribution in [0.1, 0.15) is 40.2 Å². The third-order valence-corrected chi connectivity index (χ3v) is 3.49. The van der Waals surface area contributed by atoms with Crippen molar-refractivity contribution in [2.24, 2.45) is 0 Å². The number of rotatable bonds is 4. The third kappa shape index (κ3) is 2.57. The van der Waals surface area contributed by atoms with Crippen LogP contribution in [-0.4, -0.2) is 22.9 Å². The zero-order chi connectivity index (χ0) is 14.1. The molecule has 0 atom stereocenters. The zero-order valence-corrected chi connectivity index (χ0v) is 11.2. The second-order valence-electron chi connectivity index (χ2n) is 5.05. The lowest BCUT2D eigenvalue weighted by atomic mass is 10.1. The van der Waals surface area contributed by atoms with Gasteiger partial charge >= 0.3 is 5.97 Å². The van der Waals surface area contributed by atoms with Gasteiger partial charge in [-0.05, 0) is 42.0 Å². The second-order valence-corrected chi connectivity index (χ2v) is 5.05. The summed E-state index contributed by atoms with van der Waals surface area (Å²) < 4.78 is 20.1. The van der Waals surface area contributed by atoms with Crippen LogP contribution in [0.25, 0.3) is 0 Å². The molecule has 1 aliphatic rings. The van der Waals surface area contributed by atoms with Crippen molar-refractivity contribution in [2.75, 3.05) is 7.11 Å². The molecule has 2 aromatic rings. The number of hydrogen-bond donors (Lipinski definition) is 0. The van der Waals surface area contributed by atoms with Crippen LogP contribution < -0.4 is 0 Å². The van der Waals surface area contributed by atoms with Gasteiger partial charge in [0.1, 0.15) is 5.82 Å². The van der Waals surface area contributed by atoms with Crippen LogP contribution in [-0.2, 0) is 11.3 Å². The Kier molecular flexibility index (Phi) is 3.26. The quantitative estimate of drug-likeness (QED) is 0.805. The second kappa shape index (κ2) is 5.07. The van der Waals surface area contributed by atoms with Crippen LogP contribution in [0.5, 0.6) is 0 Å². The molecule has 0 radical (unpaired) electrons. The van der Waals surface area contributed by atoms with Gasteiger partial charge in [0.05, 0.1) is 25.4 Å². The molecule has 4 nitrogen and oxygen atoms in total. The van der Waals surface area contributed by atoms with Crippen molar-refractivity contribution in [2.45, 2.75) is 25.3 Å². The van der Waals surface area contributed by atoms with Gasteiger partial charge in [-0.3, -0.25) is 4.68 Å². The first-order valence-corrected chi connectivity index (χ1v) is 6.56. The van der Waals surface area contributed by atoms with Crippen molar-refractivity contribution in [1.82, 2.24) is 9.78 Å². The molecule has 0 unspecified atom stereocenters. The van der Waals surface area contributed by atoms with Gasteiger partial charge in [-0.15, -0.1) is 0 Å². The highest BCUT2D eigenvalue weighted by molar-refractivity contribution is 5.89. The molecule has 20 heavy (non-hydrogen) atoms. The minimum Gasteiger partial charge on any atom is -0.465 e. The van der Waals surface area contributed by atoms with E-state index in [2.05, 4.69) is 9.84 Å². The molecule has 0 N–H and O–H groups in total. The number of carbonyl (C=O) groups excluding carboxylic acids is 1. The summed E-state index contributed by atoms with van der Waals surface area (Å²) in [6.07, 6.45) is 6.34. The molecule has 3 rings (SSSR count). The number of methoxy groups -OCH3 is 1. The van der Waals surface area contributed by atoms with Gasteiger partial charge in [0.15, 0.2) is 0 Å². The molecule has 1 fully saturated rings. The summed E-state index contributed by atoms with van der Waals surface area (Å²) in [5.41, 5.74) is 1.97. The zero-order valence-electron chi connectivity index (χ0n) is 11.2. The van der Waals surface area contributed by atoms with Gasteiger partial charge in [0.2, 0.25) is 0 Å². The molecule has 0 amide bonds. The molecule has 1 heterocycles. The van der Waals surface area contributed by atoms with E-state index in [4.69, 9.17) is 0 Å². The van der Waals surface area contributed by atoms with E-state index in [1.54, 1.807) is 10.7 Å². The van der Waals surface area contributed by atoms with E-state index in [1.165, 1.54) is 37.6 Å². The SMILES string of the molecule is COC(=O)c1ccc(Cn2cc(C3CC3)cn2)cc1F. The molecule has 0 saturated heterocycles. The fourth-order valence-electron chi connectivity index (χ4n) is 2.21. The Morgan fingerprint density at radius 3 is 2.95 bits per heavy atom. The molecule has 5 heteroatoms. The Bertz CT molecular complexity index is 647. The van der Waals surface area contributed by atoms with Gasteiger partial charge in [0.25, 0.3) is 0 Å². The molecular formula is C15H15FN2O2. The highest BCUT2D eigenvalue weighted by atomic mass is 19.1. The predicted octanol–water partition coefficient (Wildman–Crippen LogP) is 2.73. The topological polar surface area (TPSA) is 44.1 Å². The largest absolute Gasteiger partial charge is 0.465 e. The minimum absolute atomic E-state index is 0.0459. The number of hydrogen-bond acceptors (Lipinski definition) is 3. The van der Waals surface area contributed by atoms with E-state index < -0.39 is 11.8 Å². The van der Waals surface area contributed by atoms with Crippen molar-refractivity contribution in [3.8, 4) is 0 Å². The summed E-state index contributed by atoms with van der Waals surface area (Å²) >= 11 is 0. The minimum atomic E-state index is -0.663. The average Bonchev–Trinajstić information content (AvgIpc) is 3.19. The first-order chi connectivity index (χ1) is 9.67. The van der Waals surface area contributed by atoms with E-state index >= 15 is 0 Å². The lowest BCUT2D eigenvalue weighted by Gasteiger charge is -2.05. The Labute approximate surface area is 116 Å². The number of ether oxygens (including phenoxy) is 1. The van der Waals surface area contributed by atoms with Crippen molar-refractivity contribution in [1.29, 1.82) is 0 Å². The van der Waals surface area contributed by atoms with Crippen LogP contribution >= 0.6 is 0 Å². The summed E-state index contributed by atoms with van der Waals surface area (Å²) in [6, 6.07) is 4.51. The first-order valence-electron chi connectivity index (χ1n) is 6.56. The molecule has 1 aromatic heterocycles. The number of carbonyl (C=O) groups is 1. The van der Waals surface area contributed by atoms with E-state index in [-0.39, 0.29) is 5.56 Å². The van der Waals surface area contributed by atoms with E-state index in [0.717, 1.165) is 5.56 Å². The molecule has 1 saturated carbocycles. The molecule has 0 aliphatic heterocycles. The molecule has 0 spiro atoms. The number of nitrogens with zero attached hydrogens (tertiary/aromatic N) is 2. The van der Waals surface area contributed by atoms with E-state index in [9.17, 15) is 9.18 Å². The maximum absolute atomic E-state index is 13.8. The summed E-state index contributed by atoms with van der Waals surface area (Å²) in [5.74, 6) is -0.574. The number of halogens is 1. The van der Waals surface area contributed by atoms with Crippen molar-refractivity contribution in [3.63, 3.8) is 0 Å². The standard InChI is InChI=1S/C15H15FN2O2/c1-20-15(19)13-5-2-10(6-14(13)16)8-18-9-12(7-17-18)11-3-4-11/h2,5-7,9,11H,3-4,8H2,1H3. The van der Waals surface area contributed by atoms with E-state index in [0.29, 0.717) is 12.5 Å². The van der Waals surface area contributed by atoms with Crippen LogP contribution in [0, 0.1) is 5.82 Å². The Hall–Kier alpha value is -2.17. The van der Waals surface area contributed by atoms with Gasteiger partial charge in [0, 0.05) is 6.20 Å². The Balaban J connectivity index is 1.76. The lowest BCUT2D eigenvalue weighted by molar-refractivity contribution is 0.0595. The van der Waals surface area contributed by atoms with Crippen molar-refractivity contribution in [3.05, 3.63) is 53.1 Å². The summed E-state index contributed by atoms with van der Waals surface area (Å²) in [6.45, 7) is 0.491. The number of aromatic nitrogens is 2. The monoisotopic (exact) mass is 274 g/mol. The van der Waals surface area contributed by atoms with Crippen LogP contribution in [0.2, 0.25) is 0 Å². The third-order valence-electron chi connectivity index (χ3n) is 3.49. The number of benzene rings is 1. The molecule has 1 aliphatic carbocycles. The van der Waals surface area contributed by atoms with Gasteiger partial charge in [-0.1, -0.05) is 6.07 Å². The van der Waals surface area contributed by atoms with Gasteiger partial charge in [-0.25, -0.2) is 9.18 Å². The van der Waals surface area contributed by atoms with Crippen LogP contribution in [0.4, 0.5) is 4.39 Å². The van der Waals surface area contributed by atoms with Crippen LogP contribution in [0.3, 0.4) is 0 Å². The fraction of sp³-hybridized carbons (Fsp3) is 0.333. The highest BCUT2D eigenvalue weighted by Gasteiger charge is 2.24. The van der Waals surface area contributed by atoms with Crippen molar-refractivity contribution >= 4 is 5.97 Å². The average molecular weight is 274 g/mol. The fourth-order valence-corrected chi connectivity index (χ4v) is 2.21. The van der Waals surface area contributed by atoms with Crippen molar-refractivity contribution < 1.29 is 13.9 Å². The van der Waals surface area contributed by atoms with Gasteiger partial charge < -0.3 is 4.74 Å². The maximum Gasteiger partial charge on any atom is 0.340 e. The molecule has 104 valence electrons. The summed E-state index contributed by atoms with van der Waals surface area (Å²) in [4.78, 5) is 11.3. The first kappa shape index (κ1) is 12.8. The lowest BCUT2D eigenvalue weighted by Crippen LogP contribution is -2.06. The summed E-state index contributed by atoms with van der Waals surface area (Å²) in [5, 5.41) is 4.28. The molecular weight excluding hydrogens is 259 g/mol. The smallest absolute Gasteiger partial charge is 0.340 e. The normalized spacial score (nSPS) is 14.3. The highest BCUT2D eigenvalue weighted by Crippen LogP contribution is 2.39. The van der Waals surface area contributed by atoms with Gasteiger partial charge in [-0.2, -0.15) is 5.10 Å². The Morgan fingerprint density at radius 1 is 1.50 bits per heavy atom. The Morgan fingerprint density at radius 2 is 2.30 bits per heavy atom. The maximum atomic E-state index is 13.8.